The van der Waals surface area contributed by atoms with Gasteiger partial charge in [0.05, 0.1) is 33.9 Å². The molecule has 1 amide bonds. The molecule has 172 valence electrons. The van der Waals surface area contributed by atoms with Gasteiger partial charge in [-0.3, -0.25) is 4.79 Å². The first kappa shape index (κ1) is 23.6. The van der Waals surface area contributed by atoms with Crippen molar-refractivity contribution in [2.24, 2.45) is 0 Å². The molecule has 1 aromatic heterocycles. The first-order valence-corrected chi connectivity index (χ1v) is 10.6. The summed E-state index contributed by atoms with van der Waals surface area (Å²) in [7, 11) is 6.57. The second-order valence-electron chi connectivity index (χ2n) is 7.56. The van der Waals surface area contributed by atoms with Crippen LogP contribution in [0.1, 0.15) is 11.1 Å². The van der Waals surface area contributed by atoms with Crippen LogP contribution in [0.15, 0.2) is 48.7 Å². The fourth-order valence-electron chi connectivity index (χ4n) is 3.79. The minimum absolute atomic E-state index is 0.0602. The highest BCUT2D eigenvalue weighted by atomic mass is 16.5. The molecule has 7 nitrogen and oxygen atoms in total. The van der Waals surface area contributed by atoms with E-state index in [9.17, 15) is 4.79 Å². The number of para-hydroxylation sites is 1. The van der Waals surface area contributed by atoms with Crippen LogP contribution >= 0.6 is 0 Å². The van der Waals surface area contributed by atoms with Crippen molar-refractivity contribution in [3.63, 3.8) is 0 Å². The Morgan fingerprint density at radius 1 is 0.906 bits per heavy atom. The summed E-state index contributed by atoms with van der Waals surface area (Å²) in [4.78, 5) is 14.9. The van der Waals surface area contributed by atoms with Gasteiger partial charge in [-0.15, -0.1) is 0 Å². The minimum atomic E-state index is 0.0602. The summed E-state index contributed by atoms with van der Waals surface area (Å²) in [6.07, 6.45) is 2.39. The fourth-order valence-corrected chi connectivity index (χ4v) is 3.79. The van der Waals surface area contributed by atoms with Crippen LogP contribution < -0.4 is 9.47 Å². The summed E-state index contributed by atoms with van der Waals surface area (Å²) in [5.74, 6) is 1.56. The molecule has 0 aliphatic carbocycles. The van der Waals surface area contributed by atoms with E-state index in [1.54, 1.807) is 33.3 Å². The molecule has 0 bridgehead atoms. The zero-order chi connectivity index (χ0) is 22.9. The van der Waals surface area contributed by atoms with Crippen molar-refractivity contribution in [1.82, 2.24) is 9.47 Å². The number of ether oxygens (including phenoxy) is 4. The van der Waals surface area contributed by atoms with E-state index in [1.165, 1.54) is 0 Å². The Hall–Kier alpha value is -3.03. The van der Waals surface area contributed by atoms with Gasteiger partial charge in [0.2, 0.25) is 5.91 Å². The number of carbonyl (C=O) groups is 1. The van der Waals surface area contributed by atoms with E-state index in [1.807, 2.05) is 30.3 Å². The van der Waals surface area contributed by atoms with E-state index in [0.717, 1.165) is 33.5 Å². The van der Waals surface area contributed by atoms with Gasteiger partial charge in [-0.2, -0.15) is 0 Å². The van der Waals surface area contributed by atoms with Gasteiger partial charge in [-0.1, -0.05) is 18.2 Å². The zero-order valence-corrected chi connectivity index (χ0v) is 19.3. The number of benzene rings is 2. The molecule has 32 heavy (non-hydrogen) atoms. The first-order chi connectivity index (χ1) is 15.6. The predicted molar refractivity (Wildman–Crippen MR) is 125 cm³/mol. The summed E-state index contributed by atoms with van der Waals surface area (Å²) in [5, 5.41) is 1.08. The Morgan fingerprint density at radius 3 is 2.12 bits per heavy atom. The maximum Gasteiger partial charge on any atom is 0.227 e. The van der Waals surface area contributed by atoms with Gasteiger partial charge in [0.25, 0.3) is 0 Å². The molecule has 0 aliphatic rings. The average molecular weight is 441 g/mol. The molecule has 0 saturated heterocycles. The molecule has 0 atom stereocenters. The monoisotopic (exact) mass is 440 g/mol. The van der Waals surface area contributed by atoms with Crippen LogP contribution in [-0.2, 0) is 27.2 Å². The lowest BCUT2D eigenvalue weighted by molar-refractivity contribution is -0.131. The lowest BCUT2D eigenvalue weighted by Crippen LogP contribution is -2.37. The predicted octanol–water partition coefficient (Wildman–Crippen LogP) is 3.37. The van der Waals surface area contributed by atoms with Crippen LogP contribution in [-0.4, -0.2) is 70.1 Å². The van der Waals surface area contributed by atoms with Crippen LogP contribution in [0, 0.1) is 0 Å². The summed E-state index contributed by atoms with van der Waals surface area (Å²) >= 11 is 0. The Kier molecular flexibility index (Phi) is 8.53. The maximum atomic E-state index is 13.1. The molecule has 0 unspecified atom stereocenters. The number of fused-ring (bicyclic) bond motifs is 1. The standard InChI is InChI=1S/C25H32N2O5/c1-29-11-9-26(10-12-30-2)25(28)15-20-18-27(24-8-6-5-7-23(20)24)17-19-13-21(31-3)16-22(14-19)32-4/h5-8,13-14,16,18H,9-12,15,17H2,1-4H3. The van der Waals surface area contributed by atoms with Crippen molar-refractivity contribution >= 4 is 16.8 Å². The van der Waals surface area contributed by atoms with Gasteiger partial charge >= 0.3 is 0 Å². The van der Waals surface area contributed by atoms with Crippen molar-refractivity contribution in [3.8, 4) is 11.5 Å². The van der Waals surface area contributed by atoms with E-state index >= 15 is 0 Å². The highest BCUT2D eigenvalue weighted by Crippen LogP contribution is 2.27. The van der Waals surface area contributed by atoms with Gasteiger partial charge < -0.3 is 28.4 Å². The smallest absolute Gasteiger partial charge is 0.227 e. The van der Waals surface area contributed by atoms with Crippen LogP contribution in [0.5, 0.6) is 11.5 Å². The summed E-state index contributed by atoms with van der Waals surface area (Å²) in [6, 6.07) is 14.0. The largest absolute Gasteiger partial charge is 0.497 e. The van der Waals surface area contributed by atoms with E-state index in [-0.39, 0.29) is 5.91 Å². The van der Waals surface area contributed by atoms with Crippen molar-refractivity contribution < 1.29 is 23.7 Å². The number of methoxy groups -OCH3 is 4. The van der Waals surface area contributed by atoms with Gasteiger partial charge in [-0.05, 0) is 29.3 Å². The molecule has 0 saturated carbocycles. The Labute approximate surface area is 189 Å². The Balaban J connectivity index is 1.88. The molecule has 0 N–H and O–H groups in total. The summed E-state index contributed by atoms with van der Waals surface area (Å²) in [6.45, 7) is 2.71. The first-order valence-electron chi connectivity index (χ1n) is 10.6. The third-order valence-electron chi connectivity index (χ3n) is 5.46. The van der Waals surface area contributed by atoms with E-state index in [4.69, 9.17) is 18.9 Å². The van der Waals surface area contributed by atoms with E-state index in [2.05, 4.69) is 22.9 Å². The molecular weight excluding hydrogens is 408 g/mol. The summed E-state index contributed by atoms with van der Waals surface area (Å²) in [5.41, 5.74) is 3.14. The number of hydrogen-bond acceptors (Lipinski definition) is 5. The van der Waals surface area contributed by atoms with Gasteiger partial charge in [0.1, 0.15) is 11.5 Å². The quantitative estimate of drug-likeness (QED) is 0.432. The molecule has 0 aliphatic heterocycles. The number of hydrogen-bond donors (Lipinski definition) is 0. The fraction of sp³-hybridized carbons (Fsp3) is 0.400. The van der Waals surface area contributed by atoms with Gasteiger partial charge in [0.15, 0.2) is 0 Å². The molecular formula is C25H32N2O5. The van der Waals surface area contributed by atoms with Crippen LogP contribution in [0.2, 0.25) is 0 Å². The molecule has 0 radical (unpaired) electrons. The number of nitrogens with zero attached hydrogens (tertiary/aromatic N) is 2. The second kappa shape index (κ2) is 11.5. The van der Waals surface area contributed by atoms with Crippen molar-refractivity contribution in [3.05, 3.63) is 59.8 Å². The van der Waals surface area contributed by atoms with Crippen molar-refractivity contribution in [1.29, 1.82) is 0 Å². The van der Waals surface area contributed by atoms with E-state index in [0.29, 0.717) is 39.3 Å². The van der Waals surface area contributed by atoms with Crippen molar-refractivity contribution in [2.75, 3.05) is 54.7 Å². The molecule has 7 heteroatoms. The lowest BCUT2D eigenvalue weighted by atomic mass is 10.1. The molecule has 3 rings (SSSR count). The number of aromatic nitrogens is 1. The minimum Gasteiger partial charge on any atom is -0.497 e. The summed E-state index contributed by atoms with van der Waals surface area (Å²) < 4.78 is 23.3. The number of carbonyl (C=O) groups excluding carboxylic acids is 1. The Bertz CT molecular complexity index is 1000. The molecule has 1 heterocycles. The second-order valence-corrected chi connectivity index (χ2v) is 7.56. The normalized spacial score (nSPS) is 11.0. The van der Waals surface area contributed by atoms with Gasteiger partial charge in [0, 0.05) is 57.0 Å². The third-order valence-corrected chi connectivity index (χ3v) is 5.46. The molecule has 3 aromatic rings. The Morgan fingerprint density at radius 2 is 1.53 bits per heavy atom. The van der Waals surface area contributed by atoms with Gasteiger partial charge in [-0.25, -0.2) is 0 Å². The third kappa shape index (κ3) is 5.81. The SMILES string of the molecule is COCCN(CCOC)C(=O)Cc1cn(Cc2cc(OC)cc(OC)c2)c2ccccc12. The van der Waals surface area contributed by atoms with Crippen LogP contribution in [0.25, 0.3) is 10.9 Å². The highest BCUT2D eigenvalue weighted by Gasteiger charge is 2.17. The molecule has 2 aromatic carbocycles. The van der Waals surface area contributed by atoms with Crippen LogP contribution in [0.4, 0.5) is 0 Å². The molecule has 0 spiro atoms. The van der Waals surface area contributed by atoms with E-state index < -0.39 is 0 Å². The maximum absolute atomic E-state index is 13.1. The average Bonchev–Trinajstić information content (AvgIpc) is 3.15. The zero-order valence-electron chi connectivity index (χ0n) is 19.3. The number of rotatable bonds is 12. The van der Waals surface area contributed by atoms with Crippen LogP contribution in [0.3, 0.4) is 0 Å². The van der Waals surface area contributed by atoms with Crippen molar-refractivity contribution in [2.45, 2.75) is 13.0 Å². The lowest BCUT2D eigenvalue weighted by Gasteiger charge is -2.22. The number of amides is 1. The topological polar surface area (TPSA) is 62.2 Å². The molecule has 0 fully saturated rings. The highest BCUT2D eigenvalue weighted by molar-refractivity contribution is 5.89.